The Kier molecular flexibility index (Phi) is 5.69. The quantitative estimate of drug-likeness (QED) is 0.568. The minimum atomic E-state index is -0.800. The minimum Gasteiger partial charge on any atom is -0.503 e. The van der Waals surface area contributed by atoms with Crippen molar-refractivity contribution >= 4 is 23.0 Å². The van der Waals surface area contributed by atoms with Crippen LogP contribution in [0.25, 0.3) is 0 Å². The third-order valence-corrected chi connectivity index (χ3v) is 6.40. The van der Waals surface area contributed by atoms with Crippen molar-refractivity contribution in [2.24, 2.45) is 0 Å². The van der Waals surface area contributed by atoms with Gasteiger partial charge in [-0.05, 0) is 43.5 Å². The number of carbonyl (C=O) groups excluding carboxylic acids is 2. The summed E-state index contributed by atoms with van der Waals surface area (Å²) >= 11 is 1.23. The molecular formula is C24H21FN2O3S. The molecule has 1 aliphatic heterocycles. The summed E-state index contributed by atoms with van der Waals surface area (Å²) in [6.07, 6.45) is 0.553. The van der Waals surface area contributed by atoms with Crippen molar-refractivity contribution in [1.29, 1.82) is 0 Å². The lowest BCUT2D eigenvalue weighted by molar-refractivity contribution is -0.129. The summed E-state index contributed by atoms with van der Waals surface area (Å²) in [6, 6.07) is 14.5. The van der Waals surface area contributed by atoms with Gasteiger partial charge in [-0.15, -0.1) is 11.3 Å². The summed E-state index contributed by atoms with van der Waals surface area (Å²) in [5, 5.41) is 11.4. The molecule has 0 fully saturated rings. The molecule has 0 radical (unpaired) electrons. The maximum atomic E-state index is 13.6. The summed E-state index contributed by atoms with van der Waals surface area (Å²) < 4.78 is 13.6. The first-order chi connectivity index (χ1) is 14.9. The molecule has 7 heteroatoms. The van der Waals surface area contributed by atoms with E-state index in [1.165, 1.54) is 28.4 Å². The van der Waals surface area contributed by atoms with E-state index in [1.54, 1.807) is 26.0 Å². The zero-order valence-corrected chi connectivity index (χ0v) is 17.9. The Morgan fingerprint density at radius 3 is 2.42 bits per heavy atom. The summed E-state index contributed by atoms with van der Waals surface area (Å²) in [5.74, 6) is -2.00. The largest absolute Gasteiger partial charge is 0.503 e. The van der Waals surface area contributed by atoms with Crippen molar-refractivity contribution in [2.75, 3.05) is 6.54 Å². The first kappa shape index (κ1) is 20.9. The SMILES string of the molecule is Cc1nc(C)c(C(=O)C2=C(O)C(=O)N(CCc3ccccc3)C2c2ccc(F)cc2)s1. The summed E-state index contributed by atoms with van der Waals surface area (Å²) in [7, 11) is 0. The fraction of sp³-hybridized carbons (Fsp3) is 0.208. The van der Waals surface area contributed by atoms with E-state index in [2.05, 4.69) is 4.98 Å². The molecule has 0 saturated carbocycles. The number of benzene rings is 2. The second kappa shape index (κ2) is 8.43. The van der Waals surface area contributed by atoms with Crippen LogP contribution < -0.4 is 0 Å². The normalized spacial score (nSPS) is 16.3. The number of aryl methyl sites for hydroxylation is 2. The number of Topliss-reactive ketones (excluding diaryl/α,β-unsaturated/α-hetero) is 1. The van der Waals surface area contributed by atoms with Gasteiger partial charge < -0.3 is 10.0 Å². The predicted molar refractivity (Wildman–Crippen MR) is 117 cm³/mol. The molecule has 0 bridgehead atoms. The molecule has 31 heavy (non-hydrogen) atoms. The van der Waals surface area contributed by atoms with Crippen LogP contribution in [0.1, 0.15) is 37.5 Å². The zero-order chi connectivity index (χ0) is 22.1. The first-order valence-corrected chi connectivity index (χ1v) is 10.7. The number of hydrogen-bond donors (Lipinski definition) is 1. The van der Waals surface area contributed by atoms with Crippen molar-refractivity contribution in [3.8, 4) is 0 Å². The monoisotopic (exact) mass is 436 g/mol. The molecule has 5 nitrogen and oxygen atoms in total. The third kappa shape index (κ3) is 4.01. The Morgan fingerprint density at radius 1 is 1.13 bits per heavy atom. The highest BCUT2D eigenvalue weighted by atomic mass is 32.1. The number of aliphatic hydroxyl groups excluding tert-OH is 1. The lowest BCUT2D eigenvalue weighted by atomic mass is 9.95. The number of thiazole rings is 1. The van der Waals surface area contributed by atoms with Gasteiger partial charge in [-0.25, -0.2) is 9.37 Å². The van der Waals surface area contributed by atoms with Gasteiger partial charge in [0.15, 0.2) is 5.76 Å². The van der Waals surface area contributed by atoms with Gasteiger partial charge in [0.25, 0.3) is 5.91 Å². The van der Waals surface area contributed by atoms with E-state index >= 15 is 0 Å². The Balaban J connectivity index is 1.74. The van der Waals surface area contributed by atoms with Crippen molar-refractivity contribution in [1.82, 2.24) is 9.88 Å². The van der Waals surface area contributed by atoms with E-state index < -0.39 is 29.3 Å². The van der Waals surface area contributed by atoms with Gasteiger partial charge in [-0.3, -0.25) is 9.59 Å². The molecule has 1 aliphatic rings. The molecule has 1 N–H and O–H groups in total. The van der Waals surface area contributed by atoms with Crippen LogP contribution in [0.3, 0.4) is 0 Å². The molecule has 158 valence electrons. The topological polar surface area (TPSA) is 70.5 Å². The third-order valence-electron chi connectivity index (χ3n) is 5.33. The molecule has 0 saturated heterocycles. The molecule has 2 heterocycles. The van der Waals surface area contributed by atoms with Crippen LogP contribution in [0.5, 0.6) is 0 Å². The maximum absolute atomic E-state index is 13.6. The van der Waals surface area contributed by atoms with Crippen LogP contribution in [-0.4, -0.2) is 33.2 Å². The Labute approximate surface area is 183 Å². The summed E-state index contributed by atoms with van der Waals surface area (Å²) in [5.41, 5.74) is 2.16. The van der Waals surface area contributed by atoms with E-state index in [0.717, 1.165) is 10.6 Å². The number of halogens is 1. The second-order valence-corrected chi connectivity index (χ2v) is 8.63. The number of amides is 1. The Hall–Kier alpha value is -3.32. The van der Waals surface area contributed by atoms with Gasteiger partial charge in [0, 0.05) is 6.54 Å². The van der Waals surface area contributed by atoms with E-state index in [-0.39, 0.29) is 5.57 Å². The Morgan fingerprint density at radius 2 is 1.81 bits per heavy atom. The number of nitrogens with zero attached hydrogens (tertiary/aromatic N) is 2. The zero-order valence-electron chi connectivity index (χ0n) is 17.1. The number of hydrogen-bond acceptors (Lipinski definition) is 5. The van der Waals surface area contributed by atoms with Crippen molar-refractivity contribution < 1.29 is 19.1 Å². The van der Waals surface area contributed by atoms with Crippen LogP contribution in [0, 0.1) is 19.7 Å². The molecule has 3 aromatic rings. The molecule has 1 amide bonds. The van der Waals surface area contributed by atoms with Gasteiger partial charge in [-0.1, -0.05) is 42.5 Å². The van der Waals surface area contributed by atoms with Gasteiger partial charge in [0.1, 0.15) is 5.82 Å². The maximum Gasteiger partial charge on any atom is 0.290 e. The fourth-order valence-corrected chi connectivity index (χ4v) is 4.74. The highest BCUT2D eigenvalue weighted by Gasteiger charge is 2.44. The van der Waals surface area contributed by atoms with Crippen LogP contribution in [0.4, 0.5) is 4.39 Å². The standard InChI is InChI=1S/C24H21FN2O3S/c1-14-23(31-15(2)26-14)21(28)19-20(17-8-10-18(25)11-9-17)27(24(30)22(19)29)13-12-16-6-4-3-5-7-16/h3-11,20,29H,12-13H2,1-2H3. The smallest absolute Gasteiger partial charge is 0.290 e. The minimum absolute atomic E-state index is 0.0106. The lowest BCUT2D eigenvalue weighted by Crippen LogP contribution is -2.33. The van der Waals surface area contributed by atoms with Crippen molar-refractivity contribution in [3.05, 3.63) is 98.5 Å². The molecule has 2 aromatic carbocycles. The van der Waals surface area contributed by atoms with Gasteiger partial charge >= 0.3 is 0 Å². The summed E-state index contributed by atoms with van der Waals surface area (Å²) in [6.45, 7) is 3.82. The van der Waals surface area contributed by atoms with E-state index in [9.17, 15) is 19.1 Å². The number of carbonyl (C=O) groups is 2. The van der Waals surface area contributed by atoms with Crippen molar-refractivity contribution in [2.45, 2.75) is 26.3 Å². The summed E-state index contributed by atoms with van der Waals surface area (Å²) in [4.78, 5) is 32.6. The Bertz CT molecular complexity index is 1170. The number of aromatic nitrogens is 1. The number of rotatable bonds is 6. The van der Waals surface area contributed by atoms with Gasteiger partial charge in [-0.2, -0.15) is 0 Å². The highest BCUT2D eigenvalue weighted by Crippen LogP contribution is 2.40. The highest BCUT2D eigenvalue weighted by molar-refractivity contribution is 7.14. The van der Waals surface area contributed by atoms with E-state index in [0.29, 0.717) is 29.1 Å². The number of aliphatic hydroxyl groups is 1. The lowest BCUT2D eigenvalue weighted by Gasteiger charge is -2.27. The van der Waals surface area contributed by atoms with Crippen LogP contribution in [0.15, 0.2) is 65.9 Å². The molecule has 1 unspecified atom stereocenters. The van der Waals surface area contributed by atoms with E-state index in [1.807, 2.05) is 30.3 Å². The fourth-order valence-electron chi connectivity index (χ4n) is 3.87. The van der Waals surface area contributed by atoms with Crippen LogP contribution >= 0.6 is 11.3 Å². The first-order valence-electron chi connectivity index (χ1n) is 9.89. The van der Waals surface area contributed by atoms with Crippen molar-refractivity contribution in [3.63, 3.8) is 0 Å². The van der Waals surface area contributed by atoms with Crippen LogP contribution in [-0.2, 0) is 11.2 Å². The predicted octanol–water partition coefficient (Wildman–Crippen LogP) is 4.72. The molecule has 0 spiro atoms. The average molecular weight is 437 g/mol. The molecule has 4 rings (SSSR count). The van der Waals surface area contributed by atoms with E-state index in [4.69, 9.17) is 0 Å². The molecule has 1 aromatic heterocycles. The number of ketones is 1. The van der Waals surface area contributed by atoms with Gasteiger partial charge in [0.2, 0.25) is 5.78 Å². The molecular weight excluding hydrogens is 415 g/mol. The average Bonchev–Trinajstić information content (AvgIpc) is 3.23. The second-order valence-electron chi connectivity index (χ2n) is 7.43. The van der Waals surface area contributed by atoms with Gasteiger partial charge in [0.05, 0.1) is 27.2 Å². The van der Waals surface area contributed by atoms with Crippen LogP contribution in [0.2, 0.25) is 0 Å². The molecule has 1 atom stereocenters. The molecule has 0 aliphatic carbocycles.